The highest BCUT2D eigenvalue weighted by atomic mass is 32.2. The zero-order valence-corrected chi connectivity index (χ0v) is 21.8. The maximum atomic E-state index is 13.2. The number of anilines is 2. The van der Waals surface area contributed by atoms with Crippen molar-refractivity contribution in [3.8, 4) is 11.5 Å². The second kappa shape index (κ2) is 12.5. The van der Waals surface area contributed by atoms with E-state index in [1.54, 1.807) is 30.2 Å². The van der Waals surface area contributed by atoms with E-state index in [1.807, 2.05) is 52.0 Å². The van der Waals surface area contributed by atoms with E-state index in [4.69, 9.17) is 8.92 Å². The zero-order valence-electron chi connectivity index (χ0n) is 21.0. The first-order chi connectivity index (χ1) is 16.1. The summed E-state index contributed by atoms with van der Waals surface area (Å²) in [4.78, 5) is 17.0. The Morgan fingerprint density at radius 3 is 2.29 bits per heavy atom. The molecular weight excluding hydrogens is 454 g/mol. The molecule has 0 unspecified atom stereocenters. The van der Waals surface area contributed by atoms with E-state index < -0.39 is 10.1 Å². The number of carbonyl (C=O) groups excluding carboxylic acids is 1. The average molecular weight is 492 g/mol. The van der Waals surface area contributed by atoms with Crippen LogP contribution in [-0.4, -0.2) is 51.8 Å². The van der Waals surface area contributed by atoms with Crippen molar-refractivity contribution in [3.05, 3.63) is 48.0 Å². The minimum absolute atomic E-state index is 0.147. The number of ether oxygens (including phenoxy) is 1. The van der Waals surface area contributed by atoms with Gasteiger partial charge in [0.25, 0.3) is 0 Å². The smallest absolute Gasteiger partial charge is 0.322 e. The third-order valence-corrected chi connectivity index (χ3v) is 6.47. The van der Waals surface area contributed by atoms with Gasteiger partial charge < -0.3 is 24.0 Å². The molecule has 9 heteroatoms. The monoisotopic (exact) mass is 491 g/mol. The lowest BCUT2D eigenvalue weighted by Crippen LogP contribution is -2.37. The van der Waals surface area contributed by atoms with E-state index in [1.165, 1.54) is 6.92 Å². The molecule has 0 spiro atoms. The maximum absolute atomic E-state index is 13.2. The molecule has 2 aromatic rings. The van der Waals surface area contributed by atoms with Gasteiger partial charge in [-0.05, 0) is 44.9 Å². The van der Waals surface area contributed by atoms with Gasteiger partial charge in [0.2, 0.25) is 0 Å². The Morgan fingerprint density at radius 1 is 1.03 bits per heavy atom. The highest BCUT2D eigenvalue weighted by Gasteiger charge is 2.21. The third kappa shape index (κ3) is 7.55. The van der Waals surface area contributed by atoms with Crippen LogP contribution in [0, 0.1) is 5.92 Å². The molecule has 2 aromatic carbocycles. The van der Waals surface area contributed by atoms with Gasteiger partial charge in [-0.15, -0.1) is 0 Å². The van der Waals surface area contributed by atoms with Crippen LogP contribution in [0.2, 0.25) is 0 Å². The average Bonchev–Trinajstić information content (AvgIpc) is 2.80. The van der Waals surface area contributed by atoms with Gasteiger partial charge in [-0.2, -0.15) is 8.42 Å². The number of nitrogens with zero attached hydrogens (tertiary/aromatic N) is 2. The molecule has 34 heavy (non-hydrogen) atoms. The van der Waals surface area contributed by atoms with Crippen LogP contribution in [0.15, 0.2) is 42.5 Å². The topological polar surface area (TPSA) is 88.2 Å². The summed E-state index contributed by atoms with van der Waals surface area (Å²) in [6, 6.07) is 12.4. The molecule has 0 aliphatic carbocycles. The molecule has 0 aromatic heterocycles. The van der Waals surface area contributed by atoms with Crippen molar-refractivity contribution in [1.29, 1.82) is 0 Å². The van der Waals surface area contributed by atoms with Gasteiger partial charge in [0, 0.05) is 37.0 Å². The SMILES string of the molecule is CCN(CC)c1ccc(CN(CC(C)C)C(=O)Nc2ccccc2OC)c(OS(=O)(=O)CC)c1. The lowest BCUT2D eigenvalue weighted by molar-refractivity contribution is 0.201. The number of nitrogens with one attached hydrogen (secondary N) is 1. The summed E-state index contributed by atoms with van der Waals surface area (Å²) in [6.45, 7) is 11.9. The fourth-order valence-corrected chi connectivity index (χ4v) is 4.09. The molecule has 0 radical (unpaired) electrons. The van der Waals surface area contributed by atoms with E-state index in [0.29, 0.717) is 23.5 Å². The van der Waals surface area contributed by atoms with Gasteiger partial charge in [0.15, 0.2) is 0 Å². The van der Waals surface area contributed by atoms with Gasteiger partial charge in [0.05, 0.1) is 25.1 Å². The Kier molecular flexibility index (Phi) is 10.0. The minimum atomic E-state index is -3.74. The highest BCUT2D eigenvalue weighted by Crippen LogP contribution is 2.29. The van der Waals surface area contributed by atoms with Gasteiger partial charge in [0.1, 0.15) is 11.5 Å². The number of amides is 2. The van der Waals surface area contributed by atoms with Crippen molar-refractivity contribution >= 4 is 27.5 Å². The number of methoxy groups -OCH3 is 1. The molecule has 0 atom stereocenters. The van der Waals surface area contributed by atoms with Crippen LogP contribution >= 0.6 is 0 Å². The van der Waals surface area contributed by atoms with Crippen molar-refractivity contribution in [2.24, 2.45) is 5.92 Å². The van der Waals surface area contributed by atoms with Gasteiger partial charge in [-0.3, -0.25) is 0 Å². The lowest BCUT2D eigenvalue weighted by Gasteiger charge is -2.27. The van der Waals surface area contributed by atoms with Crippen LogP contribution in [-0.2, 0) is 16.7 Å². The van der Waals surface area contributed by atoms with Crippen LogP contribution in [0.25, 0.3) is 0 Å². The predicted molar refractivity (Wildman–Crippen MR) is 137 cm³/mol. The number of rotatable bonds is 12. The largest absolute Gasteiger partial charge is 0.495 e. The first kappa shape index (κ1) is 27.3. The zero-order chi connectivity index (χ0) is 25.3. The predicted octanol–water partition coefficient (Wildman–Crippen LogP) is 4.96. The third-order valence-electron chi connectivity index (χ3n) is 5.33. The fraction of sp³-hybridized carbons (Fsp3) is 0.480. The fourth-order valence-electron chi connectivity index (χ4n) is 3.54. The molecule has 2 rings (SSSR count). The van der Waals surface area contributed by atoms with Gasteiger partial charge in [-0.1, -0.05) is 32.0 Å². The van der Waals surface area contributed by atoms with Crippen molar-refractivity contribution in [2.75, 3.05) is 42.7 Å². The van der Waals surface area contributed by atoms with E-state index in [0.717, 1.165) is 18.8 Å². The minimum Gasteiger partial charge on any atom is -0.495 e. The summed E-state index contributed by atoms with van der Waals surface area (Å²) in [6.07, 6.45) is 0. The van der Waals surface area contributed by atoms with Crippen LogP contribution in [0.5, 0.6) is 11.5 Å². The molecule has 0 aliphatic heterocycles. The number of carbonyl (C=O) groups is 1. The van der Waals surface area contributed by atoms with Crippen LogP contribution in [0.3, 0.4) is 0 Å². The normalized spacial score (nSPS) is 11.3. The van der Waals surface area contributed by atoms with Gasteiger partial charge in [-0.25, -0.2) is 4.79 Å². The van der Waals surface area contributed by atoms with Crippen molar-refractivity contribution in [3.63, 3.8) is 0 Å². The maximum Gasteiger partial charge on any atom is 0.322 e. The summed E-state index contributed by atoms with van der Waals surface area (Å²) in [5.41, 5.74) is 2.04. The van der Waals surface area contributed by atoms with Crippen LogP contribution in [0.4, 0.5) is 16.2 Å². The molecule has 1 N–H and O–H groups in total. The van der Waals surface area contributed by atoms with E-state index >= 15 is 0 Å². The molecule has 0 bridgehead atoms. The molecule has 0 aliphatic rings. The number of urea groups is 1. The molecule has 8 nitrogen and oxygen atoms in total. The van der Waals surface area contributed by atoms with Crippen molar-refractivity contribution in [1.82, 2.24) is 4.90 Å². The Hall–Kier alpha value is -2.94. The molecule has 0 heterocycles. The first-order valence-electron chi connectivity index (χ1n) is 11.6. The van der Waals surface area contributed by atoms with Crippen molar-refractivity contribution < 1.29 is 22.1 Å². The van der Waals surface area contributed by atoms with E-state index in [2.05, 4.69) is 10.2 Å². The second-order valence-corrected chi connectivity index (χ2v) is 10.2. The first-order valence-corrected chi connectivity index (χ1v) is 13.2. The highest BCUT2D eigenvalue weighted by molar-refractivity contribution is 7.87. The summed E-state index contributed by atoms with van der Waals surface area (Å²) in [5.74, 6) is 0.848. The molecule has 0 saturated heterocycles. The molecule has 0 fully saturated rings. The molecule has 0 saturated carbocycles. The summed E-state index contributed by atoms with van der Waals surface area (Å²) in [5, 5.41) is 2.91. The summed E-state index contributed by atoms with van der Waals surface area (Å²) in [7, 11) is -2.19. The lowest BCUT2D eigenvalue weighted by atomic mass is 10.1. The molecule has 2 amide bonds. The quantitative estimate of drug-likeness (QED) is 0.422. The Labute approximate surface area is 204 Å². The van der Waals surface area contributed by atoms with Crippen molar-refractivity contribution in [2.45, 2.75) is 41.2 Å². The Morgan fingerprint density at radius 2 is 1.71 bits per heavy atom. The summed E-state index contributed by atoms with van der Waals surface area (Å²) < 4.78 is 35.4. The van der Waals surface area contributed by atoms with E-state index in [9.17, 15) is 13.2 Å². The number of para-hydroxylation sites is 2. The van der Waals surface area contributed by atoms with Gasteiger partial charge >= 0.3 is 16.1 Å². The number of hydrogen-bond donors (Lipinski definition) is 1. The standard InChI is InChI=1S/C25H37N3O5S/c1-7-27(8-2)21-15-14-20(24(16-21)33-34(30,31)9-3)18-28(17-19(4)5)25(29)26-22-12-10-11-13-23(22)32-6/h10-16,19H,7-9,17-18H2,1-6H3,(H,26,29). The van der Waals surface area contributed by atoms with Crippen LogP contribution in [0.1, 0.15) is 40.2 Å². The van der Waals surface area contributed by atoms with Crippen LogP contribution < -0.4 is 19.1 Å². The summed E-state index contributed by atoms with van der Waals surface area (Å²) >= 11 is 0. The number of hydrogen-bond acceptors (Lipinski definition) is 6. The molecular formula is C25H37N3O5S. The van der Waals surface area contributed by atoms with E-state index in [-0.39, 0.29) is 30.0 Å². The second-order valence-electron chi connectivity index (χ2n) is 8.30. The number of benzene rings is 2. The Bertz CT molecular complexity index is 1050. The molecule has 188 valence electrons. The Balaban J connectivity index is 2.41.